The monoisotopic (exact) mass is 411 g/mol. The average Bonchev–Trinajstić information content (AvgIpc) is 3.19. The number of nitrogens with one attached hydrogen (secondary N) is 2. The molecule has 1 aromatic carbocycles. The van der Waals surface area contributed by atoms with Crippen molar-refractivity contribution in [2.45, 2.75) is 40.7 Å². The minimum atomic E-state index is -0.335. The zero-order valence-corrected chi connectivity index (χ0v) is 17.9. The van der Waals surface area contributed by atoms with E-state index in [4.69, 9.17) is 4.74 Å². The van der Waals surface area contributed by atoms with Crippen LogP contribution in [0.15, 0.2) is 30.3 Å². The minimum absolute atomic E-state index is 0.0687. The second-order valence-electron chi connectivity index (χ2n) is 6.80. The van der Waals surface area contributed by atoms with Gasteiger partial charge >= 0.3 is 5.97 Å². The maximum atomic E-state index is 12.3. The molecule has 0 spiro atoms. The average molecular weight is 412 g/mol. The molecule has 0 saturated carbocycles. The van der Waals surface area contributed by atoms with Crippen LogP contribution >= 0.6 is 11.3 Å². The number of ether oxygens (including phenoxy) is 1. The normalized spacial score (nSPS) is 10.8. The highest BCUT2D eigenvalue weighted by Crippen LogP contribution is 2.32. The standard InChI is InChI=1S/C22H25N3O3S/c1-5-28-22(27)19-13(2)20(24-14(19)3)21-15(4)29-18(25-21)11-17(26)23-12-16-9-7-6-8-10-16/h6-10,24H,5,11-12H2,1-4H3,(H,23,26). The summed E-state index contributed by atoms with van der Waals surface area (Å²) in [5.41, 5.74) is 4.75. The number of amides is 1. The Kier molecular flexibility index (Phi) is 6.49. The molecule has 152 valence electrons. The molecule has 0 fully saturated rings. The number of thiazole rings is 1. The quantitative estimate of drug-likeness (QED) is 0.573. The highest BCUT2D eigenvalue weighted by molar-refractivity contribution is 7.12. The molecule has 29 heavy (non-hydrogen) atoms. The van der Waals surface area contributed by atoms with Crippen LogP contribution < -0.4 is 5.32 Å². The highest BCUT2D eigenvalue weighted by Gasteiger charge is 2.23. The first kappa shape index (κ1) is 20.8. The molecular weight excluding hydrogens is 386 g/mol. The van der Waals surface area contributed by atoms with Gasteiger partial charge in [0.2, 0.25) is 5.91 Å². The second kappa shape index (κ2) is 9.05. The van der Waals surface area contributed by atoms with E-state index in [1.807, 2.05) is 51.1 Å². The maximum Gasteiger partial charge on any atom is 0.340 e. The summed E-state index contributed by atoms with van der Waals surface area (Å²) in [5, 5.41) is 3.67. The Hall–Kier alpha value is -2.93. The van der Waals surface area contributed by atoms with Crippen LogP contribution in [0.4, 0.5) is 0 Å². The summed E-state index contributed by atoms with van der Waals surface area (Å²) >= 11 is 1.49. The van der Waals surface area contributed by atoms with Gasteiger partial charge in [-0.3, -0.25) is 4.79 Å². The van der Waals surface area contributed by atoms with Crippen molar-refractivity contribution in [1.29, 1.82) is 0 Å². The number of carbonyl (C=O) groups is 2. The fourth-order valence-electron chi connectivity index (χ4n) is 3.25. The zero-order chi connectivity index (χ0) is 21.0. The van der Waals surface area contributed by atoms with Gasteiger partial charge in [0, 0.05) is 17.1 Å². The minimum Gasteiger partial charge on any atom is -0.462 e. The molecule has 0 bridgehead atoms. The number of aryl methyl sites for hydroxylation is 2. The van der Waals surface area contributed by atoms with E-state index < -0.39 is 0 Å². The molecule has 0 radical (unpaired) electrons. The number of hydrogen-bond acceptors (Lipinski definition) is 5. The summed E-state index contributed by atoms with van der Waals surface area (Å²) in [6.45, 7) is 8.32. The van der Waals surface area contributed by atoms with Gasteiger partial charge in [-0.2, -0.15) is 0 Å². The van der Waals surface area contributed by atoms with E-state index in [-0.39, 0.29) is 18.3 Å². The maximum absolute atomic E-state index is 12.3. The zero-order valence-electron chi connectivity index (χ0n) is 17.1. The molecular formula is C22H25N3O3S. The molecule has 3 rings (SSSR count). The van der Waals surface area contributed by atoms with Gasteiger partial charge in [0.15, 0.2) is 0 Å². The third-order valence-corrected chi connectivity index (χ3v) is 5.61. The highest BCUT2D eigenvalue weighted by atomic mass is 32.1. The summed E-state index contributed by atoms with van der Waals surface area (Å²) in [4.78, 5) is 33.5. The van der Waals surface area contributed by atoms with E-state index >= 15 is 0 Å². The number of esters is 1. The van der Waals surface area contributed by atoms with E-state index in [2.05, 4.69) is 15.3 Å². The predicted octanol–water partition coefficient (Wildman–Crippen LogP) is 4.10. The van der Waals surface area contributed by atoms with E-state index in [1.165, 1.54) is 11.3 Å². The molecule has 1 amide bonds. The summed E-state index contributed by atoms with van der Waals surface area (Å²) in [6.07, 6.45) is 0.224. The fourth-order valence-corrected chi connectivity index (χ4v) is 4.19. The molecule has 7 heteroatoms. The van der Waals surface area contributed by atoms with Crippen molar-refractivity contribution in [1.82, 2.24) is 15.3 Å². The molecule has 2 aromatic heterocycles. The Morgan fingerprint density at radius 2 is 1.90 bits per heavy atom. The van der Waals surface area contributed by atoms with E-state index in [0.717, 1.165) is 38.1 Å². The van der Waals surface area contributed by atoms with Crippen molar-refractivity contribution in [3.05, 3.63) is 62.6 Å². The number of H-pyrrole nitrogens is 1. The molecule has 2 heterocycles. The van der Waals surface area contributed by atoms with Crippen LogP contribution in [0.1, 0.15) is 44.0 Å². The first-order chi connectivity index (χ1) is 13.9. The Labute approximate surface area is 174 Å². The van der Waals surface area contributed by atoms with Gasteiger partial charge in [0.1, 0.15) is 10.7 Å². The fraction of sp³-hybridized carbons (Fsp3) is 0.318. The molecule has 3 aromatic rings. The summed E-state index contributed by atoms with van der Waals surface area (Å²) in [5.74, 6) is -0.404. The van der Waals surface area contributed by atoms with Crippen molar-refractivity contribution in [3.8, 4) is 11.4 Å². The van der Waals surface area contributed by atoms with Crippen LogP contribution in [0.2, 0.25) is 0 Å². The van der Waals surface area contributed by atoms with Gasteiger partial charge in [-0.15, -0.1) is 11.3 Å². The number of benzene rings is 1. The lowest BCUT2D eigenvalue weighted by Crippen LogP contribution is -2.24. The van der Waals surface area contributed by atoms with Crippen LogP contribution in [-0.2, 0) is 22.5 Å². The van der Waals surface area contributed by atoms with Crippen LogP contribution in [0.25, 0.3) is 11.4 Å². The Bertz CT molecular complexity index is 1020. The summed E-state index contributed by atoms with van der Waals surface area (Å²) < 4.78 is 5.16. The van der Waals surface area contributed by atoms with Gasteiger partial charge in [0.25, 0.3) is 0 Å². The Morgan fingerprint density at radius 3 is 2.59 bits per heavy atom. The molecule has 0 aliphatic heterocycles. The van der Waals surface area contributed by atoms with Crippen molar-refractivity contribution in [3.63, 3.8) is 0 Å². The molecule has 0 aliphatic rings. The summed E-state index contributed by atoms with van der Waals surface area (Å²) in [7, 11) is 0. The molecule has 0 unspecified atom stereocenters. The van der Waals surface area contributed by atoms with Crippen LogP contribution in [-0.4, -0.2) is 28.5 Å². The number of aromatic amines is 1. The number of aromatic nitrogens is 2. The molecule has 2 N–H and O–H groups in total. The number of nitrogens with zero attached hydrogens (tertiary/aromatic N) is 1. The van der Waals surface area contributed by atoms with Crippen molar-refractivity contribution in [2.24, 2.45) is 0 Å². The second-order valence-corrected chi connectivity index (χ2v) is 8.08. The smallest absolute Gasteiger partial charge is 0.340 e. The van der Waals surface area contributed by atoms with Gasteiger partial charge in [0.05, 0.1) is 24.3 Å². The van der Waals surface area contributed by atoms with Crippen LogP contribution in [0.5, 0.6) is 0 Å². The number of carbonyl (C=O) groups excluding carboxylic acids is 2. The largest absolute Gasteiger partial charge is 0.462 e. The molecule has 6 nitrogen and oxygen atoms in total. The lowest BCUT2D eigenvalue weighted by Gasteiger charge is -2.03. The Morgan fingerprint density at radius 1 is 1.17 bits per heavy atom. The topological polar surface area (TPSA) is 84.1 Å². The van der Waals surface area contributed by atoms with Crippen LogP contribution in [0, 0.1) is 20.8 Å². The van der Waals surface area contributed by atoms with E-state index in [1.54, 1.807) is 6.92 Å². The molecule has 0 saturated heterocycles. The predicted molar refractivity (Wildman–Crippen MR) is 114 cm³/mol. The first-order valence-corrected chi connectivity index (χ1v) is 10.4. The van der Waals surface area contributed by atoms with Crippen molar-refractivity contribution >= 4 is 23.2 Å². The van der Waals surface area contributed by atoms with Crippen molar-refractivity contribution < 1.29 is 14.3 Å². The van der Waals surface area contributed by atoms with Gasteiger partial charge < -0.3 is 15.0 Å². The third kappa shape index (κ3) is 4.74. The van der Waals surface area contributed by atoms with Gasteiger partial charge in [-0.25, -0.2) is 9.78 Å². The number of rotatable bonds is 7. The Balaban J connectivity index is 1.74. The van der Waals surface area contributed by atoms with Crippen molar-refractivity contribution in [2.75, 3.05) is 6.61 Å². The molecule has 0 atom stereocenters. The third-order valence-electron chi connectivity index (χ3n) is 4.64. The lowest BCUT2D eigenvalue weighted by molar-refractivity contribution is -0.120. The van der Waals surface area contributed by atoms with E-state index in [9.17, 15) is 9.59 Å². The van der Waals surface area contributed by atoms with E-state index in [0.29, 0.717) is 18.7 Å². The first-order valence-electron chi connectivity index (χ1n) is 9.54. The molecule has 0 aliphatic carbocycles. The van der Waals surface area contributed by atoms with Gasteiger partial charge in [-0.1, -0.05) is 30.3 Å². The lowest BCUT2D eigenvalue weighted by atomic mass is 10.1. The van der Waals surface area contributed by atoms with Crippen LogP contribution in [0.3, 0.4) is 0 Å². The summed E-state index contributed by atoms with van der Waals surface area (Å²) in [6, 6.07) is 9.79. The SMILES string of the molecule is CCOC(=O)c1c(C)[nH]c(-c2nc(CC(=O)NCc3ccccc3)sc2C)c1C. The van der Waals surface area contributed by atoms with Gasteiger partial charge in [-0.05, 0) is 38.8 Å². The number of hydrogen-bond donors (Lipinski definition) is 2.